The van der Waals surface area contributed by atoms with Gasteiger partial charge in [0.2, 0.25) is 0 Å². The van der Waals surface area contributed by atoms with Crippen LogP contribution in [-0.4, -0.2) is 53.2 Å². The Morgan fingerprint density at radius 2 is 1.14 bits per heavy atom. The van der Waals surface area contributed by atoms with Gasteiger partial charge >= 0.3 is 124 Å². The van der Waals surface area contributed by atoms with Crippen LogP contribution in [0.25, 0.3) is 0 Å². The van der Waals surface area contributed by atoms with E-state index in [0.717, 1.165) is 11.6 Å². The van der Waals surface area contributed by atoms with Crippen LogP contribution < -0.4 is 4.89 Å². The van der Waals surface area contributed by atoms with E-state index in [1.807, 2.05) is 0 Å². The maximum absolute atomic E-state index is 11.9. The number of unbranched alkanes of at least 4 members (excludes halogenated alkanes) is 15. The molecule has 0 bridgehead atoms. The molecule has 2 unspecified atom stereocenters. The normalized spacial score (nSPS) is 14.8. The molecule has 2 atom stereocenters. The summed E-state index contributed by atoms with van der Waals surface area (Å²) in [6, 6.07) is 0. The average molecular weight is 585 g/mol. The molecule has 0 rings (SSSR count). The Balaban J connectivity index is 3.49. The number of ether oxygens (including phenoxy) is 2. The van der Waals surface area contributed by atoms with Crippen molar-refractivity contribution in [1.82, 2.24) is 0 Å². The van der Waals surface area contributed by atoms with Crippen LogP contribution in [0.3, 0.4) is 0 Å². The van der Waals surface area contributed by atoms with Crippen LogP contribution in [0.4, 0.5) is 0 Å². The monoisotopic (exact) mass is 584 g/mol. The first kappa shape index (κ1) is 35.6. The van der Waals surface area contributed by atoms with Crippen molar-refractivity contribution >= 4 is 21.4 Å². The Morgan fingerprint density at radius 3 is 1.57 bits per heavy atom. The first-order valence-electron chi connectivity index (χ1n) is 14.2. The summed E-state index contributed by atoms with van der Waals surface area (Å²) in [6.07, 6.45) is 21.1. The second-order valence-corrected chi connectivity index (χ2v) is 22.8. The Kier molecular flexibility index (Phi) is 24.1. The zero-order valence-electron chi connectivity index (χ0n) is 23.8. The van der Waals surface area contributed by atoms with Crippen molar-refractivity contribution < 1.29 is 28.0 Å². The third-order valence-electron chi connectivity index (χ3n) is 6.21. The van der Waals surface area contributed by atoms with Crippen molar-refractivity contribution in [2.45, 2.75) is 138 Å². The topological polar surface area (TPSA) is 77.1 Å². The van der Waals surface area contributed by atoms with Gasteiger partial charge in [0, 0.05) is 0 Å². The Hall–Kier alpha value is 0.588. The van der Waals surface area contributed by atoms with E-state index in [4.69, 9.17) is 18.5 Å². The van der Waals surface area contributed by atoms with E-state index in [9.17, 15) is 9.46 Å². The molecule has 0 aromatic heterocycles. The second-order valence-electron chi connectivity index (χ2n) is 10.8. The molecule has 0 saturated heterocycles. The van der Waals surface area contributed by atoms with Crippen LogP contribution in [0.5, 0.6) is 0 Å². The predicted octanol–water partition coefficient (Wildman–Crippen LogP) is 8.12. The molecule has 8 heteroatoms. The summed E-state index contributed by atoms with van der Waals surface area (Å²) in [5.41, 5.74) is 6.61. The second kappa shape index (κ2) is 23.7. The zero-order chi connectivity index (χ0) is 26.3. The summed E-state index contributed by atoms with van der Waals surface area (Å²) in [4.78, 5) is 11.9. The van der Waals surface area contributed by atoms with E-state index in [2.05, 4.69) is 24.1 Å². The van der Waals surface area contributed by atoms with Gasteiger partial charge in [0.15, 0.2) is 0 Å². The van der Waals surface area contributed by atoms with E-state index >= 15 is 0 Å². The molecular weight excluding hydrogens is 526 g/mol. The van der Waals surface area contributed by atoms with Gasteiger partial charge in [-0.15, -0.1) is 0 Å². The van der Waals surface area contributed by atoms with Gasteiger partial charge in [0.1, 0.15) is 0 Å². The number of phosphoric ester groups is 1. The molecular formula is C27H58AsO6P-. The first-order chi connectivity index (χ1) is 16.7. The molecule has 0 aromatic rings. The van der Waals surface area contributed by atoms with Crippen LogP contribution in [-0.2, 0) is 23.1 Å². The van der Waals surface area contributed by atoms with Crippen molar-refractivity contribution in [1.29, 1.82) is 0 Å². The van der Waals surface area contributed by atoms with Crippen LogP contribution in [0.15, 0.2) is 0 Å². The summed E-state index contributed by atoms with van der Waals surface area (Å²) in [5.74, 6) is 0. The van der Waals surface area contributed by atoms with E-state index in [0.29, 0.717) is 13.2 Å². The van der Waals surface area contributed by atoms with Crippen molar-refractivity contribution in [3.05, 3.63) is 0 Å². The van der Waals surface area contributed by atoms with Gasteiger partial charge < -0.3 is 0 Å². The van der Waals surface area contributed by atoms with Crippen molar-refractivity contribution in [3.63, 3.8) is 0 Å². The average Bonchev–Trinajstić information content (AvgIpc) is 2.79. The van der Waals surface area contributed by atoms with Crippen molar-refractivity contribution in [3.8, 4) is 0 Å². The third-order valence-corrected chi connectivity index (χ3v) is 10.4. The van der Waals surface area contributed by atoms with Crippen LogP contribution in [0.2, 0.25) is 22.3 Å². The summed E-state index contributed by atoms with van der Waals surface area (Å²) in [5, 5.41) is 0.809. The molecule has 6 nitrogen and oxygen atoms in total. The predicted molar refractivity (Wildman–Crippen MR) is 149 cm³/mol. The summed E-state index contributed by atoms with van der Waals surface area (Å²) in [7, 11) is -2.75. The minimum atomic E-state index is -4.28. The Bertz CT molecular complexity index is 501. The van der Waals surface area contributed by atoms with E-state index in [-0.39, 0.29) is 13.2 Å². The quantitative estimate of drug-likeness (QED) is 0.0551. The molecule has 0 saturated carbocycles. The van der Waals surface area contributed by atoms with E-state index < -0.39 is 27.5 Å². The fourth-order valence-electron chi connectivity index (χ4n) is 3.79. The molecule has 0 spiro atoms. The van der Waals surface area contributed by atoms with Gasteiger partial charge in [-0.2, -0.15) is 0 Å². The maximum atomic E-state index is 11.9. The number of hydrogen-bond donors (Lipinski definition) is 0. The molecule has 0 amide bonds. The molecule has 0 aliphatic heterocycles. The fraction of sp³-hybridized carbons (Fsp3) is 1.00. The Morgan fingerprint density at radius 1 is 0.686 bits per heavy atom. The molecule has 213 valence electrons. The van der Waals surface area contributed by atoms with Gasteiger partial charge in [0.25, 0.3) is 0 Å². The Labute approximate surface area is 220 Å². The van der Waals surface area contributed by atoms with E-state index in [1.165, 1.54) is 103 Å². The van der Waals surface area contributed by atoms with Gasteiger partial charge in [-0.05, 0) is 0 Å². The molecule has 1 radical (unpaired) electrons. The molecule has 35 heavy (non-hydrogen) atoms. The summed E-state index contributed by atoms with van der Waals surface area (Å²) >= 11 is -1.67. The van der Waals surface area contributed by atoms with Crippen LogP contribution in [0.1, 0.15) is 110 Å². The molecule has 0 N–H and O–H groups in total. The van der Waals surface area contributed by atoms with Gasteiger partial charge in [-0.25, -0.2) is 0 Å². The first-order valence-corrected chi connectivity index (χ1v) is 22.6. The molecule has 0 aliphatic carbocycles. The van der Waals surface area contributed by atoms with Gasteiger partial charge in [-0.1, -0.05) is 96.8 Å². The van der Waals surface area contributed by atoms with Gasteiger partial charge in [-0.3, -0.25) is 0 Å². The summed E-state index contributed by atoms with van der Waals surface area (Å²) in [6.45, 7) is 3.39. The number of methoxy groups -OCH3 is 1. The summed E-state index contributed by atoms with van der Waals surface area (Å²) < 4.78 is 32.8. The molecule has 0 fully saturated rings. The number of phosphoric acid groups is 1. The molecule has 0 aromatic carbocycles. The van der Waals surface area contributed by atoms with Crippen molar-refractivity contribution in [2.24, 2.45) is 0 Å². The molecule has 0 aliphatic rings. The minimum absolute atomic E-state index is 0.0775. The van der Waals surface area contributed by atoms with Crippen LogP contribution in [0, 0.1) is 0 Å². The number of hydrogen-bond acceptors (Lipinski definition) is 6. The van der Waals surface area contributed by atoms with Gasteiger partial charge in [0.05, 0.1) is 0 Å². The zero-order valence-corrected chi connectivity index (χ0v) is 26.5. The van der Waals surface area contributed by atoms with Crippen LogP contribution >= 0.6 is 7.82 Å². The van der Waals surface area contributed by atoms with E-state index in [1.54, 1.807) is 0 Å². The molecule has 0 heterocycles. The fourth-order valence-corrected chi connectivity index (χ4v) is 6.18. The van der Waals surface area contributed by atoms with Crippen molar-refractivity contribution in [2.75, 3.05) is 33.5 Å². The SMILES string of the molecule is CCCCCCCCCCCCCCCCCCOCC(COP(=O)([O-])OCC[As](C)(C)C)OC. The number of rotatable bonds is 27. The third kappa shape index (κ3) is 27.4. The standard InChI is InChI=1S/C27H59AsO6P/c1-6-7-8-9-10-11-12-13-14-15-16-17-18-19-20-21-23-32-25-27(31-5)26-34-35(29,30)33-24-22-28(2,3)4/h27H,6-26H2,1-5H3,(H,29,30)/p-1.